The number of anilines is 1. The van der Waals surface area contributed by atoms with Gasteiger partial charge in [0.05, 0.1) is 6.10 Å². The number of carbonyl (C=O) groups excluding carboxylic acids is 1. The summed E-state index contributed by atoms with van der Waals surface area (Å²) in [5, 5.41) is 12.9. The van der Waals surface area contributed by atoms with Crippen LogP contribution < -0.4 is 10.1 Å². The van der Waals surface area contributed by atoms with Crippen LogP contribution in [0, 0.1) is 0 Å². The molecule has 2 aromatic carbocycles. The number of amides is 1. The number of para-hydroxylation sites is 1. The van der Waals surface area contributed by atoms with E-state index in [2.05, 4.69) is 25.2 Å². The zero-order chi connectivity index (χ0) is 18.2. The van der Waals surface area contributed by atoms with Gasteiger partial charge in [-0.1, -0.05) is 32.0 Å². The molecule has 0 aliphatic rings. The first kappa shape index (κ1) is 19.3. The maximum atomic E-state index is 11.0. The number of hydrogen-bond donors (Lipinski definition) is 2. The van der Waals surface area contributed by atoms with Crippen LogP contribution in [-0.2, 0) is 4.79 Å². The highest BCUT2D eigenvalue weighted by Crippen LogP contribution is 2.26. The number of thioether (sulfide) groups is 1. The van der Waals surface area contributed by atoms with Crippen molar-refractivity contribution in [3.8, 4) is 5.75 Å². The van der Waals surface area contributed by atoms with Crippen LogP contribution in [0.3, 0.4) is 0 Å². The van der Waals surface area contributed by atoms with E-state index in [0.717, 1.165) is 21.9 Å². The molecule has 5 heteroatoms. The van der Waals surface area contributed by atoms with Crippen molar-refractivity contribution in [3.63, 3.8) is 0 Å². The van der Waals surface area contributed by atoms with Crippen molar-refractivity contribution in [2.45, 2.75) is 37.7 Å². The van der Waals surface area contributed by atoms with Crippen LogP contribution in [0.2, 0.25) is 0 Å². The van der Waals surface area contributed by atoms with Crippen molar-refractivity contribution in [2.24, 2.45) is 0 Å². The van der Waals surface area contributed by atoms with Crippen LogP contribution in [0.15, 0.2) is 53.4 Å². The maximum absolute atomic E-state index is 11.0. The molecule has 0 saturated carbocycles. The Kier molecular flexibility index (Phi) is 7.34. The van der Waals surface area contributed by atoms with E-state index in [1.54, 1.807) is 11.8 Å². The third-order valence-corrected chi connectivity index (χ3v) is 4.75. The predicted molar refractivity (Wildman–Crippen MR) is 104 cm³/mol. The van der Waals surface area contributed by atoms with Gasteiger partial charge in [-0.05, 0) is 41.8 Å². The summed E-state index contributed by atoms with van der Waals surface area (Å²) in [6.45, 7) is 6.00. The second kappa shape index (κ2) is 9.49. The third-order valence-electron chi connectivity index (χ3n) is 3.59. The molecule has 134 valence electrons. The molecule has 0 aliphatic heterocycles. The highest BCUT2D eigenvalue weighted by atomic mass is 32.2. The van der Waals surface area contributed by atoms with E-state index >= 15 is 0 Å². The fourth-order valence-corrected chi connectivity index (χ4v) is 3.16. The minimum absolute atomic E-state index is 0.0883. The monoisotopic (exact) mass is 359 g/mol. The molecule has 1 unspecified atom stereocenters. The zero-order valence-corrected chi connectivity index (χ0v) is 15.7. The molecule has 25 heavy (non-hydrogen) atoms. The van der Waals surface area contributed by atoms with E-state index < -0.39 is 6.10 Å². The summed E-state index contributed by atoms with van der Waals surface area (Å²) < 4.78 is 5.80. The van der Waals surface area contributed by atoms with Crippen molar-refractivity contribution in [2.75, 3.05) is 17.7 Å². The Bertz CT molecular complexity index is 686. The van der Waals surface area contributed by atoms with E-state index in [-0.39, 0.29) is 12.5 Å². The summed E-state index contributed by atoms with van der Waals surface area (Å²) in [7, 11) is 0. The molecular formula is C20H25NO3S. The number of aliphatic hydroxyl groups excluding tert-OH is 1. The van der Waals surface area contributed by atoms with Crippen LogP contribution in [0.4, 0.5) is 5.69 Å². The Labute approximate surface area is 153 Å². The van der Waals surface area contributed by atoms with Crippen LogP contribution in [0.1, 0.15) is 32.3 Å². The quantitative estimate of drug-likeness (QED) is 0.690. The minimum Gasteiger partial charge on any atom is -0.491 e. The lowest BCUT2D eigenvalue weighted by atomic mass is 10.0. The lowest BCUT2D eigenvalue weighted by Gasteiger charge is -2.16. The topological polar surface area (TPSA) is 58.6 Å². The molecule has 4 nitrogen and oxygen atoms in total. The van der Waals surface area contributed by atoms with Gasteiger partial charge in [0, 0.05) is 23.3 Å². The van der Waals surface area contributed by atoms with Gasteiger partial charge in [0.25, 0.3) is 0 Å². The number of aliphatic hydroxyl groups is 1. The number of benzene rings is 2. The number of hydrogen-bond acceptors (Lipinski definition) is 4. The standard InChI is InChI=1S/C20H25NO3S/c1-14(2)19-6-4-5-7-20(19)24-12-17(23)13-25-18-10-8-16(9-11-18)21-15(3)22/h4-11,14,17,23H,12-13H2,1-3H3,(H,21,22). The highest BCUT2D eigenvalue weighted by molar-refractivity contribution is 7.99. The van der Waals surface area contributed by atoms with Gasteiger partial charge in [-0.25, -0.2) is 0 Å². The molecule has 2 N–H and O–H groups in total. The Morgan fingerprint density at radius 3 is 2.48 bits per heavy atom. The highest BCUT2D eigenvalue weighted by Gasteiger charge is 2.10. The van der Waals surface area contributed by atoms with Crippen LogP contribution >= 0.6 is 11.8 Å². The molecule has 2 aromatic rings. The van der Waals surface area contributed by atoms with Crippen molar-refractivity contribution in [1.82, 2.24) is 0 Å². The van der Waals surface area contributed by atoms with Gasteiger partial charge in [-0.15, -0.1) is 11.8 Å². The number of ether oxygens (including phenoxy) is 1. The molecule has 0 bridgehead atoms. The number of rotatable bonds is 8. The van der Waals surface area contributed by atoms with Crippen LogP contribution in [0.25, 0.3) is 0 Å². The van der Waals surface area contributed by atoms with Gasteiger partial charge in [-0.2, -0.15) is 0 Å². The average molecular weight is 359 g/mol. The normalized spacial score (nSPS) is 12.0. The first-order chi connectivity index (χ1) is 12.0. The number of nitrogens with one attached hydrogen (secondary N) is 1. The fourth-order valence-electron chi connectivity index (χ4n) is 2.35. The minimum atomic E-state index is -0.555. The second-order valence-corrected chi connectivity index (χ2v) is 7.27. The molecule has 0 spiro atoms. The molecule has 0 radical (unpaired) electrons. The van der Waals surface area contributed by atoms with E-state index in [4.69, 9.17) is 4.74 Å². The van der Waals surface area contributed by atoms with Crippen molar-refractivity contribution >= 4 is 23.4 Å². The van der Waals surface area contributed by atoms with Gasteiger partial charge in [0.1, 0.15) is 12.4 Å². The maximum Gasteiger partial charge on any atom is 0.221 e. The largest absolute Gasteiger partial charge is 0.491 e. The van der Waals surface area contributed by atoms with Gasteiger partial charge < -0.3 is 15.2 Å². The van der Waals surface area contributed by atoms with Crippen molar-refractivity contribution < 1.29 is 14.6 Å². The van der Waals surface area contributed by atoms with Gasteiger partial charge >= 0.3 is 0 Å². The van der Waals surface area contributed by atoms with Gasteiger partial charge in [0.15, 0.2) is 0 Å². The first-order valence-electron chi connectivity index (χ1n) is 8.36. The summed E-state index contributed by atoms with van der Waals surface area (Å²) in [5.74, 6) is 1.67. The molecule has 1 amide bonds. The summed E-state index contributed by atoms with van der Waals surface area (Å²) in [4.78, 5) is 12.0. The Balaban J connectivity index is 1.81. The SMILES string of the molecule is CC(=O)Nc1ccc(SCC(O)COc2ccccc2C(C)C)cc1. The van der Waals surface area contributed by atoms with Crippen molar-refractivity contribution in [3.05, 3.63) is 54.1 Å². The Hall–Kier alpha value is -1.98. The van der Waals surface area contributed by atoms with Gasteiger partial charge in [-0.3, -0.25) is 4.79 Å². The predicted octanol–water partition coefficient (Wildman–Crippen LogP) is 4.30. The van der Waals surface area contributed by atoms with E-state index in [9.17, 15) is 9.90 Å². The zero-order valence-electron chi connectivity index (χ0n) is 14.9. The molecular weight excluding hydrogens is 334 g/mol. The van der Waals surface area contributed by atoms with E-state index in [1.165, 1.54) is 6.92 Å². The summed E-state index contributed by atoms with van der Waals surface area (Å²) >= 11 is 1.56. The average Bonchev–Trinajstić information content (AvgIpc) is 2.59. The first-order valence-corrected chi connectivity index (χ1v) is 9.34. The summed E-state index contributed by atoms with van der Waals surface area (Å²) in [6, 6.07) is 15.5. The molecule has 0 aromatic heterocycles. The Morgan fingerprint density at radius 2 is 1.84 bits per heavy atom. The Morgan fingerprint density at radius 1 is 1.16 bits per heavy atom. The number of carbonyl (C=O) groups is 1. The van der Waals surface area contributed by atoms with E-state index in [1.807, 2.05) is 42.5 Å². The van der Waals surface area contributed by atoms with Crippen LogP contribution in [0.5, 0.6) is 5.75 Å². The molecule has 0 saturated heterocycles. The summed E-state index contributed by atoms with van der Waals surface area (Å²) in [6.07, 6.45) is -0.555. The molecule has 0 heterocycles. The van der Waals surface area contributed by atoms with Gasteiger partial charge in [0.2, 0.25) is 5.91 Å². The summed E-state index contributed by atoms with van der Waals surface area (Å²) in [5.41, 5.74) is 1.92. The smallest absolute Gasteiger partial charge is 0.221 e. The lowest BCUT2D eigenvalue weighted by molar-refractivity contribution is -0.114. The molecule has 1 atom stereocenters. The second-order valence-electron chi connectivity index (χ2n) is 6.17. The third kappa shape index (κ3) is 6.44. The fraction of sp³-hybridized carbons (Fsp3) is 0.350. The molecule has 0 fully saturated rings. The van der Waals surface area contributed by atoms with Crippen molar-refractivity contribution in [1.29, 1.82) is 0 Å². The molecule has 2 rings (SSSR count). The van der Waals surface area contributed by atoms with Crippen LogP contribution in [-0.4, -0.2) is 29.5 Å². The van der Waals surface area contributed by atoms with E-state index in [0.29, 0.717) is 11.7 Å². The lowest BCUT2D eigenvalue weighted by Crippen LogP contribution is -2.20. The molecule has 0 aliphatic carbocycles.